The summed E-state index contributed by atoms with van der Waals surface area (Å²) in [5, 5.41) is 15.0. The number of fused-ring (bicyclic) bond motifs is 4. The predicted molar refractivity (Wildman–Crippen MR) is 249 cm³/mol. The summed E-state index contributed by atoms with van der Waals surface area (Å²) < 4.78 is 39.6. The van der Waals surface area contributed by atoms with Crippen molar-refractivity contribution in [2.75, 3.05) is 5.75 Å². The fourth-order valence-electron chi connectivity index (χ4n) is 6.17. The van der Waals surface area contributed by atoms with Crippen LogP contribution in [0, 0.1) is 23.5 Å². The van der Waals surface area contributed by atoms with Crippen molar-refractivity contribution in [1.82, 2.24) is 41.9 Å². The first kappa shape index (κ1) is 55.6. The summed E-state index contributed by atoms with van der Waals surface area (Å²) in [5.74, 6) is -7.61. The lowest BCUT2D eigenvalue weighted by molar-refractivity contribution is -0.153. The molecule has 0 saturated heterocycles. The van der Waals surface area contributed by atoms with Crippen LogP contribution in [-0.4, -0.2) is 87.4 Å². The van der Waals surface area contributed by atoms with Crippen molar-refractivity contribution in [3.63, 3.8) is 0 Å². The van der Waals surface area contributed by atoms with E-state index in [0.717, 1.165) is 25.0 Å². The van der Waals surface area contributed by atoms with Gasteiger partial charge in [0.1, 0.15) is 35.7 Å². The molecular formula is C47H60F2N8O10S. The number of nitrogens with zero attached hydrogens (tertiary/aromatic N) is 2. The van der Waals surface area contributed by atoms with E-state index in [1.54, 1.807) is 45.9 Å². The molecule has 0 aliphatic carbocycles. The van der Waals surface area contributed by atoms with Crippen LogP contribution in [-0.2, 0) is 51.3 Å². The molecule has 4 atom stereocenters. The van der Waals surface area contributed by atoms with Gasteiger partial charge in [0.05, 0.1) is 37.3 Å². The number of esters is 2. The largest absolute Gasteiger partial charge is 0.456 e. The number of allylic oxidation sites excluding steroid dienone is 4. The summed E-state index contributed by atoms with van der Waals surface area (Å²) in [4.78, 5) is 110. The van der Waals surface area contributed by atoms with Gasteiger partial charge in [0.25, 0.3) is 23.6 Å². The van der Waals surface area contributed by atoms with E-state index in [9.17, 15) is 47.1 Å². The Labute approximate surface area is 399 Å². The van der Waals surface area contributed by atoms with Gasteiger partial charge in [0.2, 0.25) is 11.8 Å². The number of nitrogens with one attached hydrogen (secondary N) is 6. The smallest absolute Gasteiger partial charge is 0.329 e. The second kappa shape index (κ2) is 27.8. The first-order chi connectivity index (χ1) is 32.3. The van der Waals surface area contributed by atoms with Crippen LogP contribution < -0.4 is 31.9 Å². The summed E-state index contributed by atoms with van der Waals surface area (Å²) in [5.41, 5.74) is -0.925. The van der Waals surface area contributed by atoms with Crippen LogP contribution in [0.25, 0.3) is 0 Å². The second-order valence-electron chi connectivity index (χ2n) is 16.0. The van der Waals surface area contributed by atoms with Crippen molar-refractivity contribution >= 4 is 60.0 Å². The Hall–Kier alpha value is -6.77. The van der Waals surface area contributed by atoms with Gasteiger partial charge in [-0.05, 0) is 80.7 Å². The number of halogens is 2. The number of thiol groups is 1. The van der Waals surface area contributed by atoms with Gasteiger partial charge >= 0.3 is 11.9 Å². The molecule has 2 aromatic heterocycles. The molecule has 0 unspecified atom stereocenters. The standard InChI is InChI=1S/C24H31FN4O5.C23H29FN4O5S/c1-5-7-8-9-16-12-19(30)26-13-15-10-11-17(25)21(27-15)23(32)28-18(6-2)22(31)29-20(14(3)4)24(33)34-16;1-4-17-21(30)28-19(13(2)3)23(32)33-15(7-5-6-10-34)11-18(29)25-12-14-8-9-16(24)20(26-14)22(31)27-17/h6,8-11,14,16,20H,5,7,12-13H2,1-4H3,(H,26,30)(H,28,32)(H,29,31);4-5,7-9,13,15,19,34H,6,10-12H2,1-3H3,(H,25,29)(H,27,31)(H,28,30)/b9-8+,18-6-;7-5+,17-4-/t16-,20+;15-,19+/m11/s1. The zero-order valence-electron chi connectivity index (χ0n) is 39.1. The number of ether oxygens (including phenoxy) is 2. The summed E-state index contributed by atoms with van der Waals surface area (Å²) in [6.45, 7) is 11.7. The molecule has 4 heterocycles. The minimum atomic E-state index is -1.06. The summed E-state index contributed by atoms with van der Waals surface area (Å²) >= 11 is 4.13. The molecule has 368 valence electrons. The van der Waals surface area contributed by atoms with Gasteiger partial charge in [0, 0.05) is 0 Å². The third-order valence-electron chi connectivity index (χ3n) is 9.91. The maximum atomic E-state index is 14.3. The minimum Gasteiger partial charge on any atom is -0.456 e. The monoisotopic (exact) mass is 966 g/mol. The highest BCUT2D eigenvalue weighted by Crippen LogP contribution is 2.15. The fraction of sp³-hybridized carbons (Fsp3) is 0.447. The van der Waals surface area contributed by atoms with E-state index in [0.29, 0.717) is 12.2 Å². The van der Waals surface area contributed by atoms with Crippen LogP contribution >= 0.6 is 12.6 Å². The number of unbranched alkanes of at least 4 members (excludes halogenated alkanes) is 1. The zero-order chi connectivity index (χ0) is 50.5. The van der Waals surface area contributed by atoms with Crippen LogP contribution in [0.5, 0.6) is 0 Å². The molecule has 0 saturated carbocycles. The van der Waals surface area contributed by atoms with Gasteiger partial charge in [-0.1, -0.05) is 65.3 Å². The van der Waals surface area contributed by atoms with Crippen LogP contribution in [0.3, 0.4) is 0 Å². The Morgan fingerprint density at radius 1 is 0.647 bits per heavy atom. The Kier molecular flexibility index (Phi) is 22.7. The van der Waals surface area contributed by atoms with Crippen molar-refractivity contribution in [2.24, 2.45) is 11.8 Å². The lowest BCUT2D eigenvalue weighted by Gasteiger charge is -2.24. The molecule has 0 spiro atoms. The van der Waals surface area contributed by atoms with Gasteiger partial charge in [0.15, 0.2) is 23.0 Å². The lowest BCUT2D eigenvalue weighted by atomic mass is 10.0. The molecule has 21 heteroatoms. The molecule has 0 radical (unpaired) electrons. The minimum absolute atomic E-state index is 0.0652. The van der Waals surface area contributed by atoms with Gasteiger partial charge in [-0.25, -0.2) is 28.3 Å². The molecule has 2 aliphatic rings. The number of cyclic esters (lactones) is 2. The molecule has 2 aromatic rings. The number of hydrogen-bond donors (Lipinski definition) is 7. The van der Waals surface area contributed by atoms with E-state index < -0.39 is 94.7 Å². The number of pyridine rings is 2. The number of rotatable bonds is 8. The lowest BCUT2D eigenvalue weighted by Crippen LogP contribution is -2.48. The Morgan fingerprint density at radius 3 is 1.40 bits per heavy atom. The maximum Gasteiger partial charge on any atom is 0.329 e. The van der Waals surface area contributed by atoms with Crippen molar-refractivity contribution in [2.45, 2.75) is 118 Å². The van der Waals surface area contributed by atoms with Crippen molar-refractivity contribution in [1.29, 1.82) is 0 Å². The van der Waals surface area contributed by atoms with E-state index in [2.05, 4.69) is 54.5 Å². The second-order valence-corrected chi connectivity index (χ2v) is 16.5. The van der Waals surface area contributed by atoms with E-state index in [1.807, 2.05) is 13.0 Å². The van der Waals surface area contributed by atoms with Gasteiger partial charge in [-0.2, -0.15) is 12.6 Å². The van der Waals surface area contributed by atoms with Crippen LogP contribution in [0.4, 0.5) is 8.78 Å². The normalized spacial score (nSPS) is 21.9. The molecule has 4 rings (SSSR count). The molecular weight excluding hydrogens is 907 g/mol. The molecule has 0 fully saturated rings. The van der Waals surface area contributed by atoms with Crippen molar-refractivity contribution in [3.05, 3.63) is 107 Å². The Bertz CT molecular complexity index is 2140. The molecule has 6 amide bonds. The van der Waals surface area contributed by atoms with Crippen LogP contribution in [0.15, 0.2) is 72.1 Å². The third kappa shape index (κ3) is 17.5. The molecule has 0 aromatic carbocycles. The summed E-state index contributed by atoms with van der Waals surface area (Å²) in [6, 6.07) is 2.68. The number of aromatic nitrogens is 2. The third-order valence-corrected chi connectivity index (χ3v) is 10.2. The highest BCUT2D eigenvalue weighted by molar-refractivity contribution is 7.80. The molecule has 2 aliphatic heterocycles. The molecule has 6 N–H and O–H groups in total. The van der Waals surface area contributed by atoms with Crippen LogP contribution in [0.2, 0.25) is 0 Å². The predicted octanol–water partition coefficient (Wildman–Crippen LogP) is 4.09. The van der Waals surface area contributed by atoms with Crippen molar-refractivity contribution in [3.8, 4) is 0 Å². The summed E-state index contributed by atoms with van der Waals surface area (Å²) in [7, 11) is 0. The van der Waals surface area contributed by atoms with E-state index in [1.165, 1.54) is 38.1 Å². The van der Waals surface area contributed by atoms with Crippen molar-refractivity contribution < 1.29 is 56.6 Å². The fourth-order valence-corrected chi connectivity index (χ4v) is 6.31. The number of carbonyl (C=O) groups is 8. The number of carbonyl (C=O) groups excluding carboxylic acids is 8. The Balaban J connectivity index is 0.000000360. The van der Waals surface area contributed by atoms with E-state index in [4.69, 9.17) is 9.47 Å². The van der Waals surface area contributed by atoms with Gasteiger partial charge in [-0.15, -0.1) is 0 Å². The number of amides is 6. The highest BCUT2D eigenvalue weighted by Gasteiger charge is 2.32. The van der Waals surface area contributed by atoms with E-state index >= 15 is 0 Å². The SMILES string of the molecule is C/C=C1\NC(=O)c2nc(ccc2F)CNC(=O)C[C@@H](/C=C/CCC)OC(=O)[C@H](C(C)C)NC1=O.C/C=C1\NC(=O)c2nc(ccc2F)CNC(=O)C[C@@H](/C=C/CCS)OC(=O)[C@H](C(C)C)NC1=O. The summed E-state index contributed by atoms with van der Waals surface area (Å²) in [6.07, 6.45) is 9.65. The molecule has 18 nitrogen and oxygen atoms in total. The van der Waals surface area contributed by atoms with Gasteiger partial charge in [-0.3, -0.25) is 28.8 Å². The Morgan fingerprint density at radius 2 is 1.04 bits per heavy atom. The molecule has 4 bridgehead atoms. The highest BCUT2D eigenvalue weighted by atomic mass is 32.1. The average Bonchev–Trinajstić information content (AvgIpc) is 3.29. The average molecular weight is 967 g/mol. The quantitative estimate of drug-likeness (QED) is 0.0856. The first-order valence-corrected chi connectivity index (χ1v) is 22.7. The van der Waals surface area contributed by atoms with E-state index in [-0.39, 0.29) is 60.5 Å². The maximum absolute atomic E-state index is 14.3. The van der Waals surface area contributed by atoms with Gasteiger partial charge < -0.3 is 41.4 Å². The first-order valence-electron chi connectivity index (χ1n) is 22.1. The topological polar surface area (TPSA) is 253 Å². The zero-order valence-corrected chi connectivity index (χ0v) is 40.0. The molecule has 68 heavy (non-hydrogen) atoms. The van der Waals surface area contributed by atoms with Crippen LogP contribution in [0.1, 0.15) is 113 Å². The number of hydrogen-bond acceptors (Lipinski definition) is 13.